The molecule has 1 aliphatic rings. The third-order valence-electron chi connectivity index (χ3n) is 3.78. The van der Waals surface area contributed by atoms with Crippen molar-refractivity contribution >= 4 is 0 Å². The molecule has 0 spiro atoms. The first-order valence-corrected chi connectivity index (χ1v) is 6.41. The second kappa shape index (κ2) is 5.33. The highest BCUT2D eigenvalue weighted by Crippen LogP contribution is 2.27. The van der Waals surface area contributed by atoms with E-state index in [1.165, 1.54) is 18.4 Å². The summed E-state index contributed by atoms with van der Waals surface area (Å²) in [6.07, 6.45) is 4.54. The van der Waals surface area contributed by atoms with E-state index in [4.69, 9.17) is 0 Å². The Bertz CT molecular complexity index is 255. The normalized spacial score (nSPS) is 28.8. The van der Waals surface area contributed by atoms with Crippen LogP contribution in [0, 0.1) is 11.8 Å². The second-order valence-corrected chi connectivity index (χ2v) is 6.07. The summed E-state index contributed by atoms with van der Waals surface area (Å²) in [6, 6.07) is 0. The van der Waals surface area contributed by atoms with Crippen LogP contribution < -0.4 is 5.32 Å². The van der Waals surface area contributed by atoms with Crippen LogP contribution in [-0.4, -0.2) is 23.3 Å². The van der Waals surface area contributed by atoms with Gasteiger partial charge in [0.15, 0.2) is 0 Å². The zero-order chi connectivity index (χ0) is 12.3. The van der Waals surface area contributed by atoms with Crippen LogP contribution in [0.2, 0.25) is 0 Å². The molecule has 0 amide bonds. The van der Waals surface area contributed by atoms with Crippen molar-refractivity contribution in [2.24, 2.45) is 11.8 Å². The summed E-state index contributed by atoms with van der Waals surface area (Å²) in [5, 5.41) is 13.1. The minimum atomic E-state index is -0.315. The number of rotatable bonds is 4. The predicted molar refractivity (Wildman–Crippen MR) is 69.4 cm³/mol. The summed E-state index contributed by atoms with van der Waals surface area (Å²) in [5.74, 6) is 1.42. The third-order valence-corrected chi connectivity index (χ3v) is 3.78. The fourth-order valence-electron chi connectivity index (χ4n) is 2.40. The monoisotopic (exact) mass is 225 g/mol. The molecular weight excluding hydrogens is 198 g/mol. The van der Waals surface area contributed by atoms with Crippen LogP contribution in [0.3, 0.4) is 0 Å². The van der Waals surface area contributed by atoms with E-state index in [1.54, 1.807) is 0 Å². The molecule has 16 heavy (non-hydrogen) atoms. The quantitative estimate of drug-likeness (QED) is 0.721. The molecule has 94 valence electrons. The summed E-state index contributed by atoms with van der Waals surface area (Å²) in [4.78, 5) is 0. The SMILES string of the molecule is CC1=CC(C)CC(CNC(C)(C)C(C)O)C1. The molecule has 2 heteroatoms. The summed E-state index contributed by atoms with van der Waals surface area (Å²) < 4.78 is 0. The van der Waals surface area contributed by atoms with Gasteiger partial charge in [-0.1, -0.05) is 18.6 Å². The van der Waals surface area contributed by atoms with Gasteiger partial charge in [-0.3, -0.25) is 0 Å². The molecule has 0 aromatic rings. The largest absolute Gasteiger partial charge is 0.392 e. The number of allylic oxidation sites excluding steroid dienone is 2. The Balaban J connectivity index is 2.42. The first kappa shape index (κ1) is 13.7. The van der Waals surface area contributed by atoms with E-state index in [9.17, 15) is 5.11 Å². The zero-order valence-electron chi connectivity index (χ0n) is 11.4. The molecule has 1 aliphatic carbocycles. The average molecular weight is 225 g/mol. The van der Waals surface area contributed by atoms with Crippen molar-refractivity contribution in [3.8, 4) is 0 Å². The van der Waals surface area contributed by atoms with Crippen molar-refractivity contribution in [3.63, 3.8) is 0 Å². The van der Waals surface area contributed by atoms with Gasteiger partial charge in [0.25, 0.3) is 0 Å². The third kappa shape index (κ3) is 3.91. The molecule has 0 saturated carbocycles. The highest BCUT2D eigenvalue weighted by molar-refractivity contribution is 5.06. The maximum atomic E-state index is 9.64. The number of hydrogen-bond donors (Lipinski definition) is 2. The molecule has 3 atom stereocenters. The van der Waals surface area contributed by atoms with Crippen molar-refractivity contribution in [1.82, 2.24) is 5.32 Å². The molecule has 1 rings (SSSR count). The van der Waals surface area contributed by atoms with E-state index in [2.05, 4.69) is 39.1 Å². The van der Waals surface area contributed by atoms with Crippen LogP contribution >= 0.6 is 0 Å². The van der Waals surface area contributed by atoms with Gasteiger partial charge in [-0.25, -0.2) is 0 Å². The highest BCUT2D eigenvalue weighted by Gasteiger charge is 2.25. The molecule has 0 radical (unpaired) electrons. The summed E-state index contributed by atoms with van der Waals surface area (Å²) in [6.45, 7) is 11.5. The maximum absolute atomic E-state index is 9.64. The van der Waals surface area contributed by atoms with Crippen LogP contribution in [-0.2, 0) is 0 Å². The van der Waals surface area contributed by atoms with Crippen LogP contribution in [0.4, 0.5) is 0 Å². The average Bonchev–Trinajstić information content (AvgIpc) is 2.13. The lowest BCUT2D eigenvalue weighted by atomic mass is 9.83. The number of hydrogen-bond acceptors (Lipinski definition) is 2. The number of aliphatic hydroxyl groups is 1. The minimum Gasteiger partial charge on any atom is -0.392 e. The van der Waals surface area contributed by atoms with Crippen molar-refractivity contribution in [1.29, 1.82) is 0 Å². The van der Waals surface area contributed by atoms with Gasteiger partial charge in [0.1, 0.15) is 0 Å². The van der Waals surface area contributed by atoms with E-state index in [-0.39, 0.29) is 11.6 Å². The van der Waals surface area contributed by atoms with E-state index in [0.29, 0.717) is 5.92 Å². The van der Waals surface area contributed by atoms with Gasteiger partial charge in [-0.15, -0.1) is 0 Å². The maximum Gasteiger partial charge on any atom is 0.0688 e. The van der Waals surface area contributed by atoms with E-state index < -0.39 is 0 Å². The van der Waals surface area contributed by atoms with E-state index in [1.807, 2.05) is 6.92 Å². The molecule has 0 aliphatic heterocycles. The highest BCUT2D eigenvalue weighted by atomic mass is 16.3. The molecule has 0 saturated heterocycles. The van der Waals surface area contributed by atoms with Gasteiger partial charge in [0.05, 0.1) is 6.10 Å². The van der Waals surface area contributed by atoms with Gasteiger partial charge in [0.2, 0.25) is 0 Å². The Hall–Kier alpha value is -0.340. The first-order chi connectivity index (χ1) is 7.31. The van der Waals surface area contributed by atoms with Crippen molar-refractivity contribution < 1.29 is 5.11 Å². The van der Waals surface area contributed by atoms with Gasteiger partial charge in [-0.2, -0.15) is 0 Å². The van der Waals surface area contributed by atoms with Crippen molar-refractivity contribution in [3.05, 3.63) is 11.6 Å². The summed E-state index contributed by atoms with van der Waals surface area (Å²) in [5.41, 5.74) is 1.33. The molecule has 2 N–H and O–H groups in total. The van der Waals surface area contributed by atoms with Crippen LogP contribution in [0.25, 0.3) is 0 Å². The molecule has 0 fully saturated rings. The molecule has 0 aromatic heterocycles. The Morgan fingerprint density at radius 3 is 2.69 bits per heavy atom. The lowest BCUT2D eigenvalue weighted by molar-refractivity contribution is 0.0925. The predicted octanol–water partition coefficient (Wildman–Crippen LogP) is 2.73. The molecule has 0 bridgehead atoms. The van der Waals surface area contributed by atoms with Gasteiger partial charge in [-0.05, 0) is 58.9 Å². The minimum absolute atomic E-state index is 0.182. The number of nitrogens with one attached hydrogen (secondary N) is 1. The first-order valence-electron chi connectivity index (χ1n) is 6.41. The molecule has 0 aromatic carbocycles. The smallest absolute Gasteiger partial charge is 0.0688 e. The molecule has 2 nitrogen and oxygen atoms in total. The van der Waals surface area contributed by atoms with Crippen LogP contribution in [0.1, 0.15) is 47.5 Å². The standard InChI is InChI=1S/C14H27NO/c1-10-6-11(2)8-13(7-10)9-15-14(4,5)12(3)16/h6,10,12-13,15-16H,7-9H2,1-5H3. The second-order valence-electron chi connectivity index (χ2n) is 6.07. The Morgan fingerprint density at radius 2 is 2.19 bits per heavy atom. The lowest BCUT2D eigenvalue weighted by Gasteiger charge is -2.33. The number of aliphatic hydroxyl groups excluding tert-OH is 1. The summed E-state index contributed by atoms with van der Waals surface area (Å²) in [7, 11) is 0. The Kier molecular flexibility index (Phi) is 4.57. The molecule has 3 unspecified atom stereocenters. The van der Waals surface area contributed by atoms with Gasteiger partial charge < -0.3 is 10.4 Å². The fraction of sp³-hybridized carbons (Fsp3) is 0.857. The Labute approximate surface area is 100 Å². The van der Waals surface area contributed by atoms with Crippen molar-refractivity contribution in [2.45, 2.75) is 59.1 Å². The van der Waals surface area contributed by atoms with Crippen LogP contribution in [0.15, 0.2) is 11.6 Å². The molecular formula is C14H27NO. The molecule has 0 heterocycles. The van der Waals surface area contributed by atoms with Crippen LogP contribution in [0.5, 0.6) is 0 Å². The summed E-state index contributed by atoms with van der Waals surface area (Å²) >= 11 is 0. The lowest BCUT2D eigenvalue weighted by Crippen LogP contribution is -2.50. The fourth-order valence-corrected chi connectivity index (χ4v) is 2.40. The van der Waals surface area contributed by atoms with E-state index in [0.717, 1.165) is 12.5 Å². The van der Waals surface area contributed by atoms with Gasteiger partial charge >= 0.3 is 0 Å². The van der Waals surface area contributed by atoms with Crippen molar-refractivity contribution in [2.75, 3.05) is 6.54 Å². The zero-order valence-corrected chi connectivity index (χ0v) is 11.4. The Morgan fingerprint density at radius 1 is 1.56 bits per heavy atom. The topological polar surface area (TPSA) is 32.3 Å². The van der Waals surface area contributed by atoms with Gasteiger partial charge in [0, 0.05) is 5.54 Å². The van der Waals surface area contributed by atoms with E-state index >= 15 is 0 Å².